The van der Waals surface area contributed by atoms with Crippen molar-refractivity contribution in [3.63, 3.8) is 0 Å². The minimum Gasteiger partial charge on any atom is -0.480 e. The van der Waals surface area contributed by atoms with E-state index >= 15 is 0 Å². The van der Waals surface area contributed by atoms with Crippen molar-refractivity contribution in [2.45, 2.75) is 77.7 Å². The Labute approximate surface area is 176 Å². The summed E-state index contributed by atoms with van der Waals surface area (Å²) in [7, 11) is -2.29. The van der Waals surface area contributed by atoms with Gasteiger partial charge >= 0.3 is 12.1 Å². The average Bonchev–Trinajstić information content (AvgIpc) is 2.93. The summed E-state index contributed by atoms with van der Waals surface area (Å²) in [4.78, 5) is 41.6. The molecular formula is C19H31N3O5SSi. The first-order chi connectivity index (χ1) is 13.0. The Bertz CT molecular complexity index is 810. The van der Waals surface area contributed by atoms with Gasteiger partial charge in [0.2, 0.25) is 5.91 Å². The fourth-order valence-electron chi connectivity index (χ4n) is 3.08. The number of amides is 2. The van der Waals surface area contributed by atoms with Crippen molar-refractivity contribution in [3.8, 4) is 0 Å². The third-order valence-corrected chi connectivity index (χ3v) is 11.8. The molecule has 8 nitrogen and oxygen atoms in total. The maximum Gasteiger partial charge on any atom is 0.413 e. The summed E-state index contributed by atoms with van der Waals surface area (Å²) in [6, 6.07) is -0.826. The normalized spacial score (nSPS) is 20.3. The molecule has 0 aromatic carbocycles. The lowest BCUT2D eigenvalue weighted by Crippen LogP contribution is -2.75. The van der Waals surface area contributed by atoms with Crippen molar-refractivity contribution in [2.75, 3.05) is 5.32 Å². The van der Waals surface area contributed by atoms with Gasteiger partial charge in [0.15, 0.2) is 13.4 Å². The molecule has 2 amide bonds. The molecule has 1 saturated heterocycles. The SMILES string of the molecule is CC(C)(C)OC(=O)Nc1ncc(C[C@H]2C(=O)N([Si](C)(C)C(C)(C)C)[C@@H]2C(=O)O)s1. The number of carboxylic acids is 1. The van der Waals surface area contributed by atoms with Gasteiger partial charge in [0.1, 0.15) is 11.6 Å². The highest BCUT2D eigenvalue weighted by atomic mass is 32.1. The van der Waals surface area contributed by atoms with Crippen LogP contribution in [0.4, 0.5) is 9.93 Å². The van der Waals surface area contributed by atoms with E-state index in [9.17, 15) is 19.5 Å². The number of hydrogen-bond acceptors (Lipinski definition) is 6. The van der Waals surface area contributed by atoms with Crippen molar-refractivity contribution in [1.82, 2.24) is 9.55 Å². The Kier molecular flexibility index (Phi) is 6.21. The average molecular weight is 442 g/mol. The molecule has 1 aliphatic heterocycles. The molecule has 10 heteroatoms. The summed E-state index contributed by atoms with van der Waals surface area (Å²) in [5.41, 5.74) is -0.621. The van der Waals surface area contributed by atoms with Crippen molar-refractivity contribution >= 4 is 42.7 Å². The molecule has 0 aliphatic carbocycles. The standard InChI is InChI=1S/C19H31N3O5SSi/c1-18(2,3)27-17(26)21-16-20-10-11(28-16)9-12-13(15(24)25)22(14(12)23)29(7,8)19(4,5)6/h10,12-13H,9H2,1-8H3,(H,24,25)(H,20,21,26)/t12-,13+/m1/s1. The second-order valence-corrected chi connectivity index (χ2v) is 16.1. The lowest BCUT2D eigenvalue weighted by atomic mass is 9.87. The zero-order valence-electron chi connectivity index (χ0n) is 18.3. The van der Waals surface area contributed by atoms with E-state index in [2.05, 4.69) is 31.1 Å². The topological polar surface area (TPSA) is 109 Å². The zero-order chi connectivity index (χ0) is 22.4. The van der Waals surface area contributed by atoms with E-state index in [0.29, 0.717) is 5.13 Å². The quantitative estimate of drug-likeness (QED) is 0.529. The van der Waals surface area contributed by atoms with Gasteiger partial charge in [0, 0.05) is 11.1 Å². The minimum absolute atomic E-state index is 0.112. The number of anilines is 1. The summed E-state index contributed by atoms with van der Waals surface area (Å²) in [5, 5.41) is 12.6. The lowest BCUT2D eigenvalue weighted by molar-refractivity contribution is -0.163. The van der Waals surface area contributed by atoms with Crippen LogP contribution < -0.4 is 5.32 Å². The van der Waals surface area contributed by atoms with Crippen LogP contribution in [-0.4, -0.2) is 52.5 Å². The number of aliphatic carboxylic acids is 1. The molecule has 0 bridgehead atoms. The Balaban J connectivity index is 2.11. The van der Waals surface area contributed by atoms with Crippen LogP contribution in [0, 0.1) is 5.92 Å². The molecule has 1 aromatic heterocycles. The highest BCUT2D eigenvalue weighted by Crippen LogP contribution is 2.45. The van der Waals surface area contributed by atoms with Gasteiger partial charge < -0.3 is 14.4 Å². The van der Waals surface area contributed by atoms with Crippen LogP contribution in [0.2, 0.25) is 18.1 Å². The monoisotopic (exact) mass is 441 g/mol. The molecule has 2 heterocycles. The fraction of sp³-hybridized carbons (Fsp3) is 0.684. The molecular weight excluding hydrogens is 410 g/mol. The molecule has 2 atom stereocenters. The van der Waals surface area contributed by atoms with Gasteiger partial charge in [-0.25, -0.2) is 14.6 Å². The van der Waals surface area contributed by atoms with Gasteiger partial charge in [-0.05, 0) is 32.2 Å². The van der Waals surface area contributed by atoms with Crippen LogP contribution in [-0.2, 0) is 20.7 Å². The van der Waals surface area contributed by atoms with E-state index in [1.165, 1.54) is 11.3 Å². The molecule has 1 fully saturated rings. The van der Waals surface area contributed by atoms with E-state index < -0.39 is 37.9 Å². The predicted molar refractivity (Wildman–Crippen MR) is 115 cm³/mol. The molecule has 0 spiro atoms. The third-order valence-electron chi connectivity index (χ3n) is 5.49. The Hall–Kier alpha value is -1.94. The van der Waals surface area contributed by atoms with Crippen molar-refractivity contribution in [2.24, 2.45) is 5.92 Å². The van der Waals surface area contributed by atoms with E-state index in [1.54, 1.807) is 31.5 Å². The summed E-state index contributed by atoms with van der Waals surface area (Å²) < 4.78 is 6.82. The van der Waals surface area contributed by atoms with Gasteiger partial charge in [-0.15, -0.1) is 11.3 Å². The first-order valence-electron chi connectivity index (χ1n) is 9.55. The number of carbonyl (C=O) groups excluding carboxylic acids is 2. The molecule has 0 unspecified atom stereocenters. The number of aromatic nitrogens is 1. The van der Waals surface area contributed by atoms with E-state index in [4.69, 9.17) is 4.74 Å². The largest absolute Gasteiger partial charge is 0.480 e. The Morgan fingerprint density at radius 2 is 1.86 bits per heavy atom. The van der Waals surface area contributed by atoms with Gasteiger partial charge in [0.05, 0.1) is 5.92 Å². The van der Waals surface area contributed by atoms with Crippen molar-refractivity contribution in [3.05, 3.63) is 11.1 Å². The number of hydrogen-bond donors (Lipinski definition) is 2. The number of carboxylic acid groups (broad SMARTS) is 1. The number of ether oxygens (including phenoxy) is 1. The summed E-state index contributed by atoms with van der Waals surface area (Å²) in [6.07, 6.45) is 1.25. The van der Waals surface area contributed by atoms with Gasteiger partial charge in [-0.2, -0.15) is 0 Å². The molecule has 0 saturated carbocycles. The molecule has 2 N–H and O–H groups in total. The van der Waals surface area contributed by atoms with Crippen LogP contribution in [0.15, 0.2) is 6.20 Å². The number of carbonyl (C=O) groups is 3. The first-order valence-corrected chi connectivity index (χ1v) is 13.3. The number of β-lactam (4-membered cyclic amide) rings is 1. The second-order valence-electron chi connectivity index (χ2n) is 9.87. The number of thiazole rings is 1. The Morgan fingerprint density at radius 1 is 1.28 bits per heavy atom. The highest BCUT2D eigenvalue weighted by molar-refractivity contribution is 7.15. The van der Waals surface area contributed by atoms with Crippen LogP contribution in [0.3, 0.4) is 0 Å². The summed E-state index contributed by atoms with van der Waals surface area (Å²) in [5.74, 6) is -1.70. The van der Waals surface area contributed by atoms with Gasteiger partial charge in [-0.3, -0.25) is 10.1 Å². The van der Waals surface area contributed by atoms with Crippen molar-refractivity contribution in [1.29, 1.82) is 0 Å². The zero-order valence-corrected chi connectivity index (χ0v) is 20.1. The van der Waals surface area contributed by atoms with Crippen LogP contribution >= 0.6 is 11.3 Å². The Morgan fingerprint density at radius 3 is 2.34 bits per heavy atom. The van der Waals surface area contributed by atoms with E-state index in [0.717, 1.165) is 4.88 Å². The lowest BCUT2D eigenvalue weighted by Gasteiger charge is -2.56. The van der Waals surface area contributed by atoms with E-state index in [1.807, 2.05) is 13.1 Å². The van der Waals surface area contributed by atoms with Crippen LogP contribution in [0.25, 0.3) is 0 Å². The van der Waals surface area contributed by atoms with Crippen LogP contribution in [0.5, 0.6) is 0 Å². The molecule has 1 aliphatic rings. The van der Waals surface area contributed by atoms with Gasteiger partial charge in [0.25, 0.3) is 0 Å². The van der Waals surface area contributed by atoms with Crippen molar-refractivity contribution < 1.29 is 24.2 Å². The van der Waals surface area contributed by atoms with Crippen LogP contribution in [0.1, 0.15) is 46.4 Å². The number of nitrogens with zero attached hydrogens (tertiary/aromatic N) is 2. The minimum atomic E-state index is -2.29. The van der Waals surface area contributed by atoms with E-state index in [-0.39, 0.29) is 17.4 Å². The maximum atomic E-state index is 12.9. The maximum absolute atomic E-state index is 12.9. The molecule has 1 aromatic rings. The number of nitrogens with one attached hydrogen (secondary N) is 1. The summed E-state index contributed by atoms with van der Waals surface area (Å²) >= 11 is 1.22. The first kappa shape index (κ1) is 23.3. The summed E-state index contributed by atoms with van der Waals surface area (Å²) in [6.45, 7) is 15.5. The second kappa shape index (κ2) is 7.71. The smallest absolute Gasteiger partial charge is 0.413 e. The third kappa shape index (κ3) is 4.97. The molecule has 29 heavy (non-hydrogen) atoms. The molecule has 162 valence electrons. The predicted octanol–water partition coefficient (Wildman–Crippen LogP) is 3.95. The fourth-order valence-corrected chi connectivity index (χ4v) is 6.36. The number of rotatable bonds is 5. The molecule has 2 rings (SSSR count). The highest BCUT2D eigenvalue weighted by Gasteiger charge is 2.59. The molecule has 0 radical (unpaired) electrons. The van der Waals surface area contributed by atoms with Gasteiger partial charge in [-0.1, -0.05) is 33.9 Å².